The molecule has 0 fully saturated rings. The van der Waals surface area contributed by atoms with Gasteiger partial charge in [-0.3, -0.25) is 4.57 Å². The molecule has 0 unspecified atom stereocenters. The molecule has 0 radical (unpaired) electrons. The van der Waals surface area contributed by atoms with Crippen molar-refractivity contribution in [3.05, 3.63) is 194 Å². The zero-order valence-electron chi connectivity index (χ0n) is 30.7. The van der Waals surface area contributed by atoms with Gasteiger partial charge in [0, 0.05) is 32.8 Å². The van der Waals surface area contributed by atoms with Crippen LogP contribution in [-0.4, -0.2) is 9.55 Å². The molecule has 0 saturated heterocycles. The fourth-order valence-electron chi connectivity index (χ4n) is 8.55. The van der Waals surface area contributed by atoms with E-state index in [4.69, 9.17) is 13.8 Å². The second-order valence-corrected chi connectivity index (χ2v) is 14.8. The fraction of sp³-hybridized carbons (Fsp3) is 0. The molecule has 0 aliphatic carbocycles. The molecule has 0 spiro atoms. The molecule has 266 valence electrons. The molecule has 4 heteroatoms. The SMILES string of the molecule is c1ccc(-c2ccc(-c3nc4ccccc4n3-c3cccc(-c4ccc5cc(-c6ccc7oc8c(ccc9c%10ccccc%10oc98)c7c6)ccc5c4)c3)cc2)cc1. The van der Waals surface area contributed by atoms with Crippen LogP contribution >= 0.6 is 0 Å². The maximum atomic E-state index is 6.41. The summed E-state index contributed by atoms with van der Waals surface area (Å²) in [6.45, 7) is 0. The normalized spacial score (nSPS) is 11.9. The number of fused-ring (bicyclic) bond motifs is 9. The van der Waals surface area contributed by atoms with Gasteiger partial charge in [0.25, 0.3) is 0 Å². The van der Waals surface area contributed by atoms with Crippen LogP contribution in [0, 0.1) is 0 Å². The number of aromatic nitrogens is 2. The Kier molecular flexibility index (Phi) is 6.89. The summed E-state index contributed by atoms with van der Waals surface area (Å²) in [4.78, 5) is 5.14. The van der Waals surface area contributed by atoms with Crippen LogP contribution < -0.4 is 0 Å². The molecule has 3 heterocycles. The van der Waals surface area contributed by atoms with Gasteiger partial charge in [-0.05, 0) is 111 Å². The van der Waals surface area contributed by atoms with Crippen LogP contribution in [0.2, 0.25) is 0 Å². The maximum absolute atomic E-state index is 6.41. The molecule has 0 bridgehead atoms. The van der Waals surface area contributed by atoms with E-state index >= 15 is 0 Å². The monoisotopic (exact) mass is 728 g/mol. The van der Waals surface area contributed by atoms with Gasteiger partial charge < -0.3 is 8.83 Å². The average molecular weight is 729 g/mol. The molecule has 4 nitrogen and oxygen atoms in total. The van der Waals surface area contributed by atoms with E-state index in [-0.39, 0.29) is 0 Å². The zero-order valence-corrected chi connectivity index (χ0v) is 30.7. The van der Waals surface area contributed by atoms with Crippen molar-refractivity contribution < 1.29 is 8.83 Å². The number of nitrogens with zero attached hydrogens (tertiary/aromatic N) is 2. The highest BCUT2D eigenvalue weighted by Gasteiger charge is 2.18. The minimum absolute atomic E-state index is 0.793. The van der Waals surface area contributed by atoms with Crippen LogP contribution in [0.25, 0.3) is 116 Å². The molecule has 12 rings (SSSR count). The standard InChI is InChI=1S/C53H32N2O2/c1-2-9-33(10-3-1)34-17-19-35(20-18-34)53-54-47-14-5-6-15-48(47)55(53)42-12-8-11-36(31-42)37-21-22-39-30-40(24-23-38(39)29-37)41-25-28-50-46(32-41)45-27-26-44-43-13-4-7-16-49(43)56-51(44)52(45)57-50/h1-32H. The second kappa shape index (κ2) is 12.4. The van der Waals surface area contributed by atoms with E-state index in [0.717, 1.165) is 88.7 Å². The minimum atomic E-state index is 0.793. The third kappa shape index (κ3) is 5.12. The summed E-state index contributed by atoms with van der Waals surface area (Å²) >= 11 is 0. The summed E-state index contributed by atoms with van der Waals surface area (Å²) in [5.74, 6) is 0.920. The first kappa shape index (κ1) is 31.6. The molecular weight excluding hydrogens is 697 g/mol. The zero-order chi connectivity index (χ0) is 37.5. The topological polar surface area (TPSA) is 44.1 Å². The van der Waals surface area contributed by atoms with Gasteiger partial charge in [-0.1, -0.05) is 127 Å². The average Bonchev–Trinajstić information content (AvgIpc) is 3.98. The Hall–Kier alpha value is -7.69. The molecule has 3 aromatic heterocycles. The Labute approximate surface area is 327 Å². The number of hydrogen-bond acceptors (Lipinski definition) is 3. The Balaban J connectivity index is 0.893. The van der Waals surface area contributed by atoms with Gasteiger partial charge in [-0.25, -0.2) is 4.98 Å². The predicted molar refractivity (Wildman–Crippen MR) is 235 cm³/mol. The predicted octanol–water partition coefficient (Wildman–Crippen LogP) is 14.6. The van der Waals surface area contributed by atoms with E-state index in [0.29, 0.717) is 0 Å². The van der Waals surface area contributed by atoms with Gasteiger partial charge >= 0.3 is 0 Å². The minimum Gasteiger partial charge on any atom is -0.452 e. The van der Waals surface area contributed by atoms with Crippen molar-refractivity contribution in [3.63, 3.8) is 0 Å². The first-order valence-electron chi connectivity index (χ1n) is 19.3. The number of benzene rings is 9. The van der Waals surface area contributed by atoms with Gasteiger partial charge in [0.2, 0.25) is 0 Å². The molecular formula is C53H32N2O2. The second-order valence-electron chi connectivity index (χ2n) is 14.8. The van der Waals surface area contributed by atoms with Crippen LogP contribution in [0.3, 0.4) is 0 Å². The number of hydrogen-bond donors (Lipinski definition) is 0. The maximum Gasteiger partial charge on any atom is 0.178 e. The van der Waals surface area contributed by atoms with E-state index < -0.39 is 0 Å². The fourth-order valence-corrected chi connectivity index (χ4v) is 8.55. The van der Waals surface area contributed by atoms with Crippen molar-refractivity contribution in [1.29, 1.82) is 0 Å². The summed E-state index contributed by atoms with van der Waals surface area (Å²) in [5, 5.41) is 6.69. The van der Waals surface area contributed by atoms with Gasteiger partial charge in [0.1, 0.15) is 17.0 Å². The van der Waals surface area contributed by atoms with Crippen molar-refractivity contribution >= 4 is 65.7 Å². The van der Waals surface area contributed by atoms with Gasteiger partial charge in [0.05, 0.1) is 11.0 Å². The van der Waals surface area contributed by atoms with Crippen molar-refractivity contribution in [2.24, 2.45) is 0 Å². The lowest BCUT2D eigenvalue weighted by molar-refractivity contribution is 0.633. The van der Waals surface area contributed by atoms with Crippen molar-refractivity contribution in [1.82, 2.24) is 9.55 Å². The lowest BCUT2D eigenvalue weighted by Crippen LogP contribution is -1.98. The first-order valence-corrected chi connectivity index (χ1v) is 19.3. The molecule has 12 aromatic rings. The summed E-state index contributed by atoms with van der Waals surface area (Å²) in [5.41, 5.74) is 14.5. The van der Waals surface area contributed by atoms with E-state index in [2.05, 4.69) is 174 Å². The highest BCUT2D eigenvalue weighted by Crippen LogP contribution is 2.40. The van der Waals surface area contributed by atoms with E-state index in [1.807, 2.05) is 24.3 Å². The van der Waals surface area contributed by atoms with Gasteiger partial charge in [0.15, 0.2) is 11.2 Å². The molecule has 0 amide bonds. The van der Waals surface area contributed by atoms with Crippen LogP contribution in [0.5, 0.6) is 0 Å². The van der Waals surface area contributed by atoms with Gasteiger partial charge in [-0.15, -0.1) is 0 Å². The number of furan rings is 2. The smallest absolute Gasteiger partial charge is 0.178 e. The number of para-hydroxylation sites is 3. The number of imidazole rings is 1. The van der Waals surface area contributed by atoms with Crippen LogP contribution in [-0.2, 0) is 0 Å². The van der Waals surface area contributed by atoms with Gasteiger partial charge in [-0.2, -0.15) is 0 Å². The molecule has 57 heavy (non-hydrogen) atoms. The third-order valence-corrected chi connectivity index (χ3v) is 11.4. The van der Waals surface area contributed by atoms with Crippen molar-refractivity contribution in [2.75, 3.05) is 0 Å². The highest BCUT2D eigenvalue weighted by atomic mass is 16.4. The van der Waals surface area contributed by atoms with Crippen LogP contribution in [0.15, 0.2) is 203 Å². The quantitative estimate of drug-likeness (QED) is 0.177. The summed E-state index contributed by atoms with van der Waals surface area (Å²) < 4.78 is 15.0. The molecule has 0 aliphatic heterocycles. The first-order chi connectivity index (χ1) is 28.2. The summed E-state index contributed by atoms with van der Waals surface area (Å²) in [6, 6.07) is 68.8. The lowest BCUT2D eigenvalue weighted by atomic mass is 9.96. The highest BCUT2D eigenvalue weighted by molar-refractivity contribution is 6.19. The van der Waals surface area contributed by atoms with Crippen LogP contribution in [0.4, 0.5) is 0 Å². The van der Waals surface area contributed by atoms with E-state index in [1.54, 1.807) is 0 Å². The Morgan fingerprint density at radius 1 is 0.351 bits per heavy atom. The van der Waals surface area contributed by atoms with Crippen molar-refractivity contribution in [3.8, 4) is 50.5 Å². The third-order valence-electron chi connectivity index (χ3n) is 11.4. The van der Waals surface area contributed by atoms with E-state index in [9.17, 15) is 0 Å². The molecule has 0 saturated carbocycles. The molecule has 9 aromatic carbocycles. The number of rotatable bonds is 5. The van der Waals surface area contributed by atoms with E-state index in [1.165, 1.54) is 27.5 Å². The Morgan fingerprint density at radius 3 is 1.70 bits per heavy atom. The Morgan fingerprint density at radius 2 is 0.912 bits per heavy atom. The largest absolute Gasteiger partial charge is 0.452 e. The summed E-state index contributed by atoms with van der Waals surface area (Å²) in [7, 11) is 0. The lowest BCUT2D eigenvalue weighted by Gasteiger charge is -2.13. The van der Waals surface area contributed by atoms with Crippen molar-refractivity contribution in [2.45, 2.75) is 0 Å². The molecule has 0 aliphatic rings. The summed E-state index contributed by atoms with van der Waals surface area (Å²) in [6.07, 6.45) is 0. The molecule has 0 N–H and O–H groups in total. The Bertz CT molecular complexity index is 3510. The van der Waals surface area contributed by atoms with Crippen LogP contribution in [0.1, 0.15) is 0 Å². The molecule has 0 atom stereocenters.